The number of ether oxygens (including phenoxy) is 1. The number of halogens is 1. The fraction of sp³-hybridized carbons (Fsp3) is 0.286. The number of nitrogens with zero attached hydrogens (tertiary/aromatic N) is 1. The minimum Gasteiger partial charge on any atom is -0.482 e. The Balaban J connectivity index is 2.30. The first-order valence-corrected chi connectivity index (χ1v) is 6.97. The summed E-state index contributed by atoms with van der Waals surface area (Å²) in [5.74, 6) is -0.523. The quantitative estimate of drug-likeness (QED) is 0.856. The maximum Gasteiger partial charge on any atom is 0.331 e. The number of anilines is 1. The van der Waals surface area contributed by atoms with Crippen molar-refractivity contribution in [1.29, 1.82) is 0 Å². The van der Waals surface area contributed by atoms with Crippen LogP contribution >= 0.6 is 15.9 Å². The van der Waals surface area contributed by atoms with E-state index in [9.17, 15) is 9.59 Å². The third-order valence-corrected chi connectivity index (χ3v) is 3.53. The first kappa shape index (κ1) is 14.6. The predicted octanol–water partition coefficient (Wildman–Crippen LogP) is 2.60. The number of carbonyl (C=O) groups is 2. The van der Waals surface area contributed by atoms with E-state index in [2.05, 4.69) is 15.9 Å². The van der Waals surface area contributed by atoms with Crippen LogP contribution in [0.5, 0.6) is 5.75 Å². The first-order valence-electron chi connectivity index (χ1n) is 6.18. The normalized spacial score (nSPS) is 14.8. The molecule has 20 heavy (non-hydrogen) atoms. The lowest BCUT2D eigenvalue weighted by Gasteiger charge is -2.28. The average Bonchev–Trinajstić information content (AvgIpc) is 2.41. The molecule has 1 amide bonds. The van der Waals surface area contributed by atoms with Crippen molar-refractivity contribution >= 4 is 33.5 Å². The minimum atomic E-state index is -0.956. The Hall–Kier alpha value is -1.82. The van der Waals surface area contributed by atoms with Crippen molar-refractivity contribution < 1.29 is 19.4 Å². The molecule has 0 aliphatic carbocycles. The molecule has 5 nitrogen and oxygen atoms in total. The Morgan fingerprint density at radius 3 is 2.95 bits per heavy atom. The van der Waals surface area contributed by atoms with E-state index in [4.69, 9.17) is 9.84 Å². The Kier molecular flexibility index (Phi) is 4.44. The van der Waals surface area contributed by atoms with Gasteiger partial charge in [-0.3, -0.25) is 4.79 Å². The van der Waals surface area contributed by atoms with E-state index in [1.54, 1.807) is 25.1 Å². The lowest BCUT2D eigenvalue weighted by Crippen LogP contribution is -2.39. The van der Waals surface area contributed by atoms with Crippen LogP contribution in [0.4, 0.5) is 5.69 Å². The summed E-state index contributed by atoms with van der Waals surface area (Å²) in [6.07, 6.45) is 1.98. The molecule has 1 aliphatic rings. The molecule has 6 heteroatoms. The van der Waals surface area contributed by atoms with Gasteiger partial charge in [-0.1, -0.05) is 28.9 Å². The van der Waals surface area contributed by atoms with Crippen LogP contribution in [0.1, 0.15) is 13.3 Å². The standard InChI is InChI=1S/C14H14BrNO4/c1-2-9(14(18)19)5-6-16-11-7-10(15)3-4-12(11)20-8-13(16)17/h3-5,7H,2,6,8H2,1H3,(H,18,19). The molecule has 0 radical (unpaired) electrons. The fourth-order valence-corrected chi connectivity index (χ4v) is 2.31. The Labute approximate surface area is 125 Å². The van der Waals surface area contributed by atoms with Crippen LogP contribution in [0.15, 0.2) is 34.3 Å². The lowest BCUT2D eigenvalue weighted by molar-refractivity contribution is -0.132. The molecule has 2 rings (SSSR count). The molecule has 0 spiro atoms. The second-order valence-electron chi connectivity index (χ2n) is 4.29. The number of hydrogen-bond acceptors (Lipinski definition) is 3. The fourth-order valence-electron chi connectivity index (χ4n) is 1.96. The maximum absolute atomic E-state index is 11.9. The highest BCUT2D eigenvalue weighted by Crippen LogP contribution is 2.34. The van der Waals surface area contributed by atoms with Crippen LogP contribution in [0, 0.1) is 0 Å². The zero-order valence-electron chi connectivity index (χ0n) is 10.9. The second-order valence-corrected chi connectivity index (χ2v) is 5.21. The van der Waals surface area contributed by atoms with Gasteiger partial charge in [0.25, 0.3) is 5.91 Å². The monoisotopic (exact) mass is 339 g/mol. The van der Waals surface area contributed by atoms with E-state index in [0.29, 0.717) is 23.4 Å². The molecule has 1 aromatic rings. The van der Waals surface area contributed by atoms with Gasteiger partial charge in [0, 0.05) is 16.6 Å². The molecule has 0 fully saturated rings. The number of hydrogen-bond donors (Lipinski definition) is 1. The van der Waals surface area contributed by atoms with E-state index in [1.165, 1.54) is 4.90 Å². The number of amides is 1. The van der Waals surface area contributed by atoms with Crippen LogP contribution in [0.25, 0.3) is 0 Å². The summed E-state index contributed by atoms with van der Waals surface area (Å²) in [7, 11) is 0. The van der Waals surface area contributed by atoms with E-state index in [0.717, 1.165) is 4.47 Å². The molecular formula is C14H14BrNO4. The zero-order chi connectivity index (χ0) is 14.7. The highest BCUT2D eigenvalue weighted by molar-refractivity contribution is 9.10. The molecule has 0 aromatic heterocycles. The van der Waals surface area contributed by atoms with E-state index >= 15 is 0 Å². The second kappa shape index (κ2) is 6.09. The van der Waals surface area contributed by atoms with Crippen molar-refractivity contribution in [2.24, 2.45) is 0 Å². The molecule has 0 unspecified atom stereocenters. The summed E-state index contributed by atoms with van der Waals surface area (Å²) in [5, 5.41) is 9.00. The molecule has 1 aromatic carbocycles. The van der Waals surface area contributed by atoms with Gasteiger partial charge in [0.15, 0.2) is 6.61 Å². The van der Waals surface area contributed by atoms with E-state index in [1.807, 2.05) is 6.07 Å². The average molecular weight is 340 g/mol. The van der Waals surface area contributed by atoms with Crippen molar-refractivity contribution in [3.05, 3.63) is 34.3 Å². The van der Waals surface area contributed by atoms with E-state index in [-0.39, 0.29) is 19.1 Å². The molecular weight excluding hydrogens is 326 g/mol. The number of carboxylic acid groups (broad SMARTS) is 1. The Bertz CT molecular complexity index is 583. The highest BCUT2D eigenvalue weighted by Gasteiger charge is 2.25. The number of aliphatic carboxylic acids is 1. The maximum atomic E-state index is 11.9. The minimum absolute atomic E-state index is 0.0308. The van der Waals surface area contributed by atoms with Gasteiger partial charge >= 0.3 is 5.97 Å². The molecule has 1 N–H and O–H groups in total. The lowest BCUT2D eigenvalue weighted by atomic mass is 10.1. The zero-order valence-corrected chi connectivity index (χ0v) is 12.5. The number of rotatable bonds is 4. The van der Waals surface area contributed by atoms with Gasteiger partial charge in [-0.25, -0.2) is 4.79 Å². The van der Waals surface area contributed by atoms with Crippen LogP contribution < -0.4 is 9.64 Å². The van der Waals surface area contributed by atoms with Crippen molar-refractivity contribution in [3.63, 3.8) is 0 Å². The van der Waals surface area contributed by atoms with Crippen molar-refractivity contribution in [2.75, 3.05) is 18.1 Å². The van der Waals surface area contributed by atoms with Crippen molar-refractivity contribution in [1.82, 2.24) is 0 Å². The number of fused-ring (bicyclic) bond motifs is 1. The van der Waals surface area contributed by atoms with E-state index < -0.39 is 5.97 Å². The third kappa shape index (κ3) is 3.01. The molecule has 0 atom stereocenters. The van der Waals surface area contributed by atoms with Gasteiger partial charge in [0.05, 0.1) is 5.69 Å². The predicted molar refractivity (Wildman–Crippen MR) is 78.0 cm³/mol. The van der Waals surface area contributed by atoms with Gasteiger partial charge in [-0.15, -0.1) is 0 Å². The topological polar surface area (TPSA) is 66.8 Å². The largest absolute Gasteiger partial charge is 0.482 e. The molecule has 0 saturated carbocycles. The molecule has 106 valence electrons. The molecule has 0 saturated heterocycles. The van der Waals surface area contributed by atoms with Crippen LogP contribution in [-0.4, -0.2) is 30.1 Å². The molecule has 0 bridgehead atoms. The number of carbonyl (C=O) groups excluding carboxylic acids is 1. The van der Waals surface area contributed by atoms with Gasteiger partial charge in [-0.05, 0) is 24.6 Å². The van der Waals surface area contributed by atoms with Gasteiger partial charge in [0.1, 0.15) is 5.75 Å². The summed E-state index contributed by atoms with van der Waals surface area (Å²) < 4.78 is 6.18. The summed E-state index contributed by atoms with van der Waals surface area (Å²) >= 11 is 3.35. The summed E-state index contributed by atoms with van der Waals surface area (Å²) in [6, 6.07) is 5.39. The third-order valence-electron chi connectivity index (χ3n) is 3.04. The Morgan fingerprint density at radius 2 is 2.30 bits per heavy atom. The summed E-state index contributed by atoms with van der Waals surface area (Å²) in [4.78, 5) is 24.5. The molecule has 1 aliphatic heterocycles. The SMILES string of the molecule is CCC(=CCN1C(=O)COc2ccc(Br)cc21)C(=O)O. The Morgan fingerprint density at radius 1 is 1.55 bits per heavy atom. The summed E-state index contributed by atoms with van der Waals surface area (Å²) in [6.45, 7) is 1.96. The van der Waals surface area contributed by atoms with Gasteiger partial charge < -0.3 is 14.7 Å². The highest BCUT2D eigenvalue weighted by atomic mass is 79.9. The number of benzene rings is 1. The summed E-state index contributed by atoms with van der Waals surface area (Å²) in [5.41, 5.74) is 0.938. The van der Waals surface area contributed by atoms with Crippen molar-refractivity contribution in [3.8, 4) is 5.75 Å². The van der Waals surface area contributed by atoms with Crippen LogP contribution in [-0.2, 0) is 9.59 Å². The smallest absolute Gasteiger partial charge is 0.331 e. The molecule has 1 heterocycles. The van der Waals surface area contributed by atoms with Crippen molar-refractivity contribution in [2.45, 2.75) is 13.3 Å². The number of carboxylic acids is 1. The van der Waals surface area contributed by atoms with Crippen LogP contribution in [0.3, 0.4) is 0 Å². The van der Waals surface area contributed by atoms with Crippen LogP contribution in [0.2, 0.25) is 0 Å². The first-order chi connectivity index (χ1) is 9.52. The van der Waals surface area contributed by atoms with Gasteiger partial charge in [-0.2, -0.15) is 0 Å². The van der Waals surface area contributed by atoms with Gasteiger partial charge in [0.2, 0.25) is 0 Å².